The van der Waals surface area contributed by atoms with Crippen molar-refractivity contribution in [1.29, 1.82) is 0 Å². The number of aryl methyl sites for hydroxylation is 2. The highest BCUT2D eigenvalue weighted by atomic mass is 32.1. The van der Waals surface area contributed by atoms with Gasteiger partial charge in [-0.25, -0.2) is 4.98 Å². The van der Waals surface area contributed by atoms with E-state index in [4.69, 9.17) is 0 Å². The van der Waals surface area contributed by atoms with Crippen LogP contribution < -0.4 is 0 Å². The Morgan fingerprint density at radius 2 is 2.00 bits per heavy atom. The molecule has 0 saturated heterocycles. The SMILES string of the molecule is CC(C)Cc1cccs1.Cc1csc(C)n1. The first-order valence-corrected chi connectivity index (χ1v) is 7.25. The quantitative estimate of drug-likeness (QED) is 0.755. The van der Waals surface area contributed by atoms with Crippen LogP contribution in [-0.4, -0.2) is 4.98 Å². The summed E-state index contributed by atoms with van der Waals surface area (Å²) in [6.45, 7) is 8.51. The Morgan fingerprint density at radius 1 is 1.25 bits per heavy atom. The summed E-state index contributed by atoms with van der Waals surface area (Å²) in [5.41, 5.74) is 1.13. The van der Waals surface area contributed by atoms with E-state index in [2.05, 4.69) is 41.7 Å². The number of rotatable bonds is 2. The van der Waals surface area contributed by atoms with Gasteiger partial charge in [0.15, 0.2) is 0 Å². The molecule has 0 atom stereocenters. The molecule has 0 saturated carbocycles. The molecule has 0 radical (unpaired) electrons. The summed E-state index contributed by atoms with van der Waals surface area (Å²) in [6.07, 6.45) is 1.23. The van der Waals surface area contributed by atoms with Crippen molar-refractivity contribution >= 4 is 22.7 Å². The van der Waals surface area contributed by atoms with E-state index in [0.717, 1.165) is 16.6 Å². The van der Waals surface area contributed by atoms with Crippen LogP contribution in [0.4, 0.5) is 0 Å². The number of nitrogens with zero attached hydrogens (tertiary/aromatic N) is 1. The second kappa shape index (κ2) is 6.81. The standard InChI is InChI=1S/C8H12S.C5H7NS/c1-7(2)6-8-4-3-5-9-8;1-4-3-7-5(2)6-4/h3-5,7H,6H2,1-2H3;3H,1-2H3. The fourth-order valence-electron chi connectivity index (χ4n) is 1.30. The summed E-state index contributed by atoms with van der Waals surface area (Å²) in [7, 11) is 0. The lowest BCUT2D eigenvalue weighted by molar-refractivity contribution is 0.654. The normalized spacial score (nSPS) is 10.1. The third-order valence-electron chi connectivity index (χ3n) is 1.92. The van der Waals surface area contributed by atoms with Gasteiger partial charge in [0.05, 0.1) is 5.01 Å². The van der Waals surface area contributed by atoms with Crippen LogP contribution in [0.3, 0.4) is 0 Å². The minimum Gasteiger partial charge on any atom is -0.247 e. The van der Waals surface area contributed by atoms with Crippen molar-refractivity contribution in [2.75, 3.05) is 0 Å². The third-order valence-corrected chi connectivity index (χ3v) is 3.71. The van der Waals surface area contributed by atoms with Crippen molar-refractivity contribution in [2.45, 2.75) is 34.1 Å². The topological polar surface area (TPSA) is 12.9 Å². The zero-order chi connectivity index (χ0) is 12.0. The van der Waals surface area contributed by atoms with Crippen LogP contribution in [0.1, 0.15) is 29.4 Å². The molecular weight excluding hydrogens is 234 g/mol. The number of hydrogen-bond donors (Lipinski definition) is 0. The van der Waals surface area contributed by atoms with Gasteiger partial charge in [-0.15, -0.1) is 22.7 Å². The largest absolute Gasteiger partial charge is 0.247 e. The van der Waals surface area contributed by atoms with E-state index < -0.39 is 0 Å². The molecule has 0 aliphatic heterocycles. The lowest BCUT2D eigenvalue weighted by atomic mass is 10.1. The van der Waals surface area contributed by atoms with Gasteiger partial charge in [0.1, 0.15) is 0 Å². The monoisotopic (exact) mass is 253 g/mol. The van der Waals surface area contributed by atoms with E-state index in [1.807, 2.05) is 25.2 Å². The molecule has 0 fully saturated rings. The van der Waals surface area contributed by atoms with Gasteiger partial charge in [0.25, 0.3) is 0 Å². The fourth-order valence-corrected chi connectivity index (χ4v) is 2.81. The van der Waals surface area contributed by atoms with Crippen LogP contribution in [-0.2, 0) is 6.42 Å². The van der Waals surface area contributed by atoms with Crippen LogP contribution in [0, 0.1) is 19.8 Å². The Labute approximate surface area is 106 Å². The average Bonchev–Trinajstić information content (AvgIpc) is 2.78. The van der Waals surface area contributed by atoms with Gasteiger partial charge in [-0.2, -0.15) is 0 Å². The smallest absolute Gasteiger partial charge is 0.0897 e. The van der Waals surface area contributed by atoms with E-state index in [0.29, 0.717) is 0 Å². The minimum absolute atomic E-state index is 0.795. The van der Waals surface area contributed by atoms with Crippen LogP contribution in [0.5, 0.6) is 0 Å². The Kier molecular flexibility index (Phi) is 5.71. The van der Waals surface area contributed by atoms with E-state index in [9.17, 15) is 0 Å². The lowest BCUT2D eigenvalue weighted by Gasteiger charge is -1.98. The molecule has 3 heteroatoms. The third kappa shape index (κ3) is 5.42. The molecular formula is C13H19NS2. The molecule has 0 amide bonds. The molecule has 2 rings (SSSR count). The maximum Gasteiger partial charge on any atom is 0.0897 e. The van der Waals surface area contributed by atoms with Gasteiger partial charge in [-0.1, -0.05) is 19.9 Å². The summed E-state index contributed by atoms with van der Waals surface area (Å²) in [4.78, 5) is 5.63. The van der Waals surface area contributed by atoms with Crippen LogP contribution in [0.15, 0.2) is 22.9 Å². The number of hydrogen-bond acceptors (Lipinski definition) is 3. The predicted molar refractivity (Wildman–Crippen MR) is 74.4 cm³/mol. The average molecular weight is 253 g/mol. The Balaban J connectivity index is 0.000000165. The van der Waals surface area contributed by atoms with Crippen LogP contribution >= 0.6 is 22.7 Å². The molecule has 16 heavy (non-hydrogen) atoms. The van der Waals surface area contributed by atoms with E-state index >= 15 is 0 Å². The van der Waals surface area contributed by atoms with Crippen molar-refractivity contribution in [3.8, 4) is 0 Å². The molecule has 0 aliphatic rings. The van der Waals surface area contributed by atoms with Crippen molar-refractivity contribution in [2.24, 2.45) is 5.92 Å². The molecule has 2 aromatic heterocycles. The highest BCUT2D eigenvalue weighted by Gasteiger charge is 1.95. The first-order valence-electron chi connectivity index (χ1n) is 5.49. The first-order chi connectivity index (χ1) is 7.58. The van der Waals surface area contributed by atoms with E-state index in [-0.39, 0.29) is 0 Å². The first kappa shape index (κ1) is 13.4. The number of aromatic nitrogens is 1. The molecule has 0 aliphatic carbocycles. The van der Waals surface area contributed by atoms with E-state index in [1.165, 1.54) is 11.3 Å². The van der Waals surface area contributed by atoms with Gasteiger partial charge >= 0.3 is 0 Å². The number of thiazole rings is 1. The number of thiophene rings is 1. The molecule has 0 aromatic carbocycles. The minimum atomic E-state index is 0.795. The van der Waals surface area contributed by atoms with Gasteiger partial charge < -0.3 is 0 Å². The maximum atomic E-state index is 4.13. The van der Waals surface area contributed by atoms with Crippen molar-refractivity contribution in [3.05, 3.63) is 38.5 Å². The summed E-state index contributed by atoms with van der Waals surface area (Å²) in [6, 6.07) is 4.31. The molecule has 0 unspecified atom stereocenters. The summed E-state index contributed by atoms with van der Waals surface area (Å²) in [5.74, 6) is 0.795. The molecule has 1 nitrogen and oxygen atoms in total. The summed E-state index contributed by atoms with van der Waals surface area (Å²) < 4.78 is 0. The van der Waals surface area contributed by atoms with Crippen molar-refractivity contribution in [3.63, 3.8) is 0 Å². The molecule has 2 heterocycles. The Bertz CT molecular complexity index is 371. The molecule has 0 N–H and O–H groups in total. The highest BCUT2D eigenvalue weighted by Crippen LogP contribution is 2.13. The molecule has 88 valence electrons. The maximum absolute atomic E-state index is 4.13. The summed E-state index contributed by atoms with van der Waals surface area (Å²) >= 11 is 3.54. The van der Waals surface area contributed by atoms with Gasteiger partial charge in [-0.3, -0.25) is 0 Å². The second-order valence-corrected chi connectivity index (χ2v) is 6.28. The fraction of sp³-hybridized carbons (Fsp3) is 0.462. The predicted octanol–water partition coefficient (Wildman–Crippen LogP) is 4.71. The van der Waals surface area contributed by atoms with Crippen molar-refractivity contribution in [1.82, 2.24) is 4.98 Å². The van der Waals surface area contributed by atoms with Crippen LogP contribution in [0.25, 0.3) is 0 Å². The van der Waals surface area contributed by atoms with Gasteiger partial charge in [0.2, 0.25) is 0 Å². The van der Waals surface area contributed by atoms with Gasteiger partial charge in [-0.05, 0) is 37.6 Å². The molecule has 0 spiro atoms. The summed E-state index contributed by atoms with van der Waals surface area (Å²) in [5, 5.41) is 5.34. The molecule has 2 aromatic rings. The van der Waals surface area contributed by atoms with Crippen LogP contribution in [0.2, 0.25) is 0 Å². The zero-order valence-corrected chi connectivity index (χ0v) is 12.0. The second-order valence-electron chi connectivity index (χ2n) is 4.19. The lowest BCUT2D eigenvalue weighted by Crippen LogP contribution is -1.89. The van der Waals surface area contributed by atoms with Gasteiger partial charge in [0, 0.05) is 16.0 Å². The Morgan fingerprint density at radius 3 is 2.31 bits per heavy atom. The van der Waals surface area contributed by atoms with E-state index in [1.54, 1.807) is 11.3 Å². The zero-order valence-electron chi connectivity index (χ0n) is 10.4. The highest BCUT2D eigenvalue weighted by molar-refractivity contribution is 7.10. The molecule has 0 bridgehead atoms. The Hall–Kier alpha value is -0.670. The van der Waals surface area contributed by atoms with Crippen molar-refractivity contribution < 1.29 is 0 Å².